The maximum absolute atomic E-state index is 9.64. The van der Waals surface area contributed by atoms with Crippen LogP contribution < -0.4 is 5.32 Å². The van der Waals surface area contributed by atoms with E-state index in [0.717, 1.165) is 32.8 Å². The number of thiophene rings is 1. The van der Waals surface area contributed by atoms with Crippen molar-refractivity contribution in [3.05, 3.63) is 64.8 Å². The summed E-state index contributed by atoms with van der Waals surface area (Å²) in [5.74, 6) is 1.03. The molecule has 0 aliphatic rings. The van der Waals surface area contributed by atoms with Crippen LogP contribution in [0, 0.1) is 20.8 Å². The summed E-state index contributed by atoms with van der Waals surface area (Å²) in [5.41, 5.74) is 6.70. The number of hydrogen-bond donors (Lipinski definition) is 2. The Morgan fingerprint density at radius 3 is 2.54 bits per heavy atom. The van der Waals surface area contributed by atoms with Crippen LogP contribution in [0.1, 0.15) is 16.7 Å². The predicted octanol–water partition coefficient (Wildman–Crippen LogP) is 5.73. The highest BCUT2D eigenvalue weighted by Crippen LogP contribution is 2.39. The number of anilines is 2. The molecule has 2 N–H and O–H groups in total. The highest BCUT2D eigenvalue weighted by atomic mass is 32.1. The lowest BCUT2D eigenvalue weighted by Crippen LogP contribution is -1.97. The second-order valence-corrected chi connectivity index (χ2v) is 7.35. The number of phenols is 1. The molecule has 0 aliphatic carbocycles. The number of hydrogen-bond acceptors (Lipinski definition) is 5. The molecule has 2 aromatic carbocycles. The number of phenolic OH excluding ortho intramolecular Hbond substituents is 1. The molecule has 4 rings (SSSR count). The van der Waals surface area contributed by atoms with Crippen molar-refractivity contribution in [2.75, 3.05) is 5.32 Å². The van der Waals surface area contributed by atoms with Crippen molar-refractivity contribution in [3.63, 3.8) is 0 Å². The number of nitrogens with zero attached hydrogens (tertiary/aromatic N) is 2. The molecule has 0 bridgehead atoms. The highest BCUT2D eigenvalue weighted by Gasteiger charge is 2.15. The third-order valence-electron chi connectivity index (χ3n) is 4.51. The lowest BCUT2D eigenvalue weighted by atomic mass is 9.99. The fraction of sp³-hybridized carbons (Fsp3) is 0.143. The molecule has 0 spiro atoms. The third kappa shape index (κ3) is 2.91. The van der Waals surface area contributed by atoms with Crippen LogP contribution in [0.2, 0.25) is 0 Å². The van der Waals surface area contributed by atoms with E-state index in [-0.39, 0.29) is 5.75 Å². The molecule has 0 saturated heterocycles. The molecule has 0 aliphatic heterocycles. The Labute approximate surface area is 156 Å². The Morgan fingerprint density at radius 2 is 1.77 bits per heavy atom. The van der Waals surface area contributed by atoms with Crippen molar-refractivity contribution in [1.29, 1.82) is 0 Å². The van der Waals surface area contributed by atoms with Gasteiger partial charge in [-0.2, -0.15) is 0 Å². The number of rotatable bonds is 3. The molecule has 0 fully saturated rings. The first-order valence-electron chi connectivity index (χ1n) is 8.39. The maximum atomic E-state index is 9.64. The number of aryl methyl sites for hydroxylation is 3. The number of aromatic hydroxyl groups is 1. The Balaban J connectivity index is 1.87. The van der Waals surface area contributed by atoms with Crippen LogP contribution in [0.25, 0.3) is 21.3 Å². The second-order valence-electron chi connectivity index (χ2n) is 6.49. The number of benzene rings is 2. The van der Waals surface area contributed by atoms with Gasteiger partial charge in [-0.15, -0.1) is 11.3 Å². The average molecular weight is 361 g/mol. The van der Waals surface area contributed by atoms with Crippen LogP contribution in [-0.4, -0.2) is 15.1 Å². The average Bonchev–Trinajstić information content (AvgIpc) is 3.02. The zero-order valence-corrected chi connectivity index (χ0v) is 15.7. The molecular formula is C21H19N3OS. The minimum Gasteiger partial charge on any atom is -0.508 e. The van der Waals surface area contributed by atoms with Gasteiger partial charge in [0.1, 0.15) is 22.7 Å². The summed E-state index contributed by atoms with van der Waals surface area (Å²) in [6, 6.07) is 11.8. The number of fused-ring (bicyclic) bond motifs is 1. The van der Waals surface area contributed by atoms with Crippen LogP contribution in [0.15, 0.2) is 48.1 Å². The topological polar surface area (TPSA) is 58.0 Å². The van der Waals surface area contributed by atoms with Gasteiger partial charge in [-0.1, -0.05) is 23.8 Å². The van der Waals surface area contributed by atoms with Crippen molar-refractivity contribution < 1.29 is 5.11 Å². The van der Waals surface area contributed by atoms with Crippen LogP contribution in [-0.2, 0) is 0 Å². The van der Waals surface area contributed by atoms with Gasteiger partial charge >= 0.3 is 0 Å². The molecule has 4 nitrogen and oxygen atoms in total. The Hall–Kier alpha value is -2.92. The van der Waals surface area contributed by atoms with Crippen molar-refractivity contribution in [2.45, 2.75) is 20.8 Å². The fourth-order valence-corrected chi connectivity index (χ4v) is 4.11. The Bertz CT molecular complexity index is 1120. The molecule has 5 heteroatoms. The molecule has 0 amide bonds. The first kappa shape index (κ1) is 16.5. The van der Waals surface area contributed by atoms with E-state index in [9.17, 15) is 5.11 Å². The highest BCUT2D eigenvalue weighted by molar-refractivity contribution is 7.17. The van der Waals surface area contributed by atoms with E-state index in [0.29, 0.717) is 0 Å². The van der Waals surface area contributed by atoms with Gasteiger partial charge in [-0.25, -0.2) is 9.97 Å². The SMILES string of the molecule is Cc1ccc(-c2csc3ncnc(Nc4ccc(O)cc4C)c23)c(C)c1. The van der Waals surface area contributed by atoms with Gasteiger partial charge in [0.05, 0.1) is 5.39 Å². The van der Waals surface area contributed by atoms with Crippen LogP contribution in [0.5, 0.6) is 5.75 Å². The quantitative estimate of drug-likeness (QED) is 0.457. The molecule has 4 aromatic rings. The summed E-state index contributed by atoms with van der Waals surface area (Å²) in [6.45, 7) is 6.19. The molecule has 26 heavy (non-hydrogen) atoms. The summed E-state index contributed by atoms with van der Waals surface area (Å²) in [4.78, 5) is 9.89. The van der Waals surface area contributed by atoms with Gasteiger partial charge in [0, 0.05) is 16.6 Å². The van der Waals surface area contributed by atoms with E-state index in [2.05, 4.69) is 52.7 Å². The van der Waals surface area contributed by atoms with Crippen molar-refractivity contribution >= 4 is 33.1 Å². The summed E-state index contributed by atoms with van der Waals surface area (Å²) < 4.78 is 0. The lowest BCUT2D eigenvalue weighted by Gasteiger charge is -2.12. The van der Waals surface area contributed by atoms with Crippen LogP contribution in [0.3, 0.4) is 0 Å². The first-order valence-corrected chi connectivity index (χ1v) is 9.27. The standard InChI is InChI=1S/C21H19N3OS/c1-12-4-6-16(13(2)8-12)17-10-26-21-19(17)20(22-11-23-21)24-18-7-5-15(25)9-14(18)3/h4-11,25H,1-3H3,(H,22,23,24). The first-order chi connectivity index (χ1) is 12.5. The predicted molar refractivity (Wildman–Crippen MR) is 108 cm³/mol. The third-order valence-corrected chi connectivity index (χ3v) is 5.39. The molecule has 0 radical (unpaired) electrons. The molecule has 0 atom stereocenters. The van der Waals surface area contributed by atoms with Gasteiger partial charge in [0.15, 0.2) is 0 Å². The van der Waals surface area contributed by atoms with E-state index >= 15 is 0 Å². The van der Waals surface area contributed by atoms with E-state index in [4.69, 9.17) is 0 Å². The van der Waals surface area contributed by atoms with Crippen molar-refractivity contribution in [1.82, 2.24) is 9.97 Å². The zero-order valence-electron chi connectivity index (χ0n) is 14.9. The summed E-state index contributed by atoms with van der Waals surface area (Å²) in [6.07, 6.45) is 1.59. The monoisotopic (exact) mass is 361 g/mol. The summed E-state index contributed by atoms with van der Waals surface area (Å²) in [7, 11) is 0. The fourth-order valence-electron chi connectivity index (χ4n) is 3.20. The number of nitrogens with one attached hydrogen (secondary N) is 1. The largest absolute Gasteiger partial charge is 0.508 e. The van der Waals surface area contributed by atoms with Gasteiger partial charge < -0.3 is 10.4 Å². The van der Waals surface area contributed by atoms with E-state index in [1.807, 2.05) is 13.0 Å². The van der Waals surface area contributed by atoms with Gasteiger partial charge in [-0.3, -0.25) is 0 Å². The Kier molecular flexibility index (Phi) is 4.09. The van der Waals surface area contributed by atoms with Crippen molar-refractivity contribution in [2.24, 2.45) is 0 Å². The van der Waals surface area contributed by atoms with Gasteiger partial charge in [0.25, 0.3) is 0 Å². The maximum Gasteiger partial charge on any atom is 0.143 e. The second kappa shape index (κ2) is 6.42. The number of aromatic nitrogens is 2. The summed E-state index contributed by atoms with van der Waals surface area (Å²) >= 11 is 1.62. The molecule has 0 unspecified atom stereocenters. The minimum atomic E-state index is 0.257. The van der Waals surface area contributed by atoms with E-state index in [1.54, 1.807) is 29.8 Å². The van der Waals surface area contributed by atoms with Crippen LogP contribution in [0.4, 0.5) is 11.5 Å². The minimum absolute atomic E-state index is 0.257. The molecule has 130 valence electrons. The zero-order chi connectivity index (χ0) is 18.3. The van der Waals surface area contributed by atoms with Crippen LogP contribution >= 0.6 is 11.3 Å². The lowest BCUT2D eigenvalue weighted by molar-refractivity contribution is 0.475. The smallest absolute Gasteiger partial charge is 0.143 e. The Morgan fingerprint density at radius 1 is 0.923 bits per heavy atom. The normalized spacial score (nSPS) is 11.0. The van der Waals surface area contributed by atoms with Crippen molar-refractivity contribution in [3.8, 4) is 16.9 Å². The summed E-state index contributed by atoms with van der Waals surface area (Å²) in [5, 5.41) is 16.2. The molecule has 0 saturated carbocycles. The molecule has 2 heterocycles. The van der Waals surface area contributed by atoms with Gasteiger partial charge in [-0.05, 0) is 55.7 Å². The van der Waals surface area contributed by atoms with Gasteiger partial charge in [0.2, 0.25) is 0 Å². The molecular weight excluding hydrogens is 342 g/mol. The molecule has 2 aromatic heterocycles. The van der Waals surface area contributed by atoms with E-state index in [1.165, 1.54) is 16.7 Å². The van der Waals surface area contributed by atoms with E-state index < -0.39 is 0 Å².